The van der Waals surface area contributed by atoms with Gasteiger partial charge in [-0.3, -0.25) is 4.79 Å². The van der Waals surface area contributed by atoms with Crippen molar-refractivity contribution in [1.82, 2.24) is 4.90 Å². The van der Waals surface area contributed by atoms with Crippen LogP contribution >= 0.6 is 0 Å². The van der Waals surface area contributed by atoms with E-state index in [0.29, 0.717) is 0 Å². The van der Waals surface area contributed by atoms with E-state index in [1.54, 1.807) is 6.92 Å². The lowest BCUT2D eigenvalue weighted by molar-refractivity contribution is 0.101. The molecule has 1 unspecified atom stereocenters. The smallest absolute Gasteiger partial charge is 0.159 e. The Balaban J connectivity index is 1.75. The first-order valence-electron chi connectivity index (χ1n) is 8.15. The molecule has 1 atom stereocenters. The van der Waals surface area contributed by atoms with Gasteiger partial charge < -0.3 is 9.64 Å². The van der Waals surface area contributed by atoms with Gasteiger partial charge in [-0.2, -0.15) is 0 Å². The normalized spacial score (nSPS) is 18.0. The third-order valence-corrected chi connectivity index (χ3v) is 4.15. The Labute approximate surface area is 128 Å². The van der Waals surface area contributed by atoms with Crippen LogP contribution in [0.4, 0.5) is 0 Å². The number of ether oxygens (including phenoxy) is 1. The average molecular weight is 289 g/mol. The number of Topliss-reactive ketones (excluding diaryl/α,β-unsaturated/α-hetero) is 1. The molecule has 1 aromatic carbocycles. The summed E-state index contributed by atoms with van der Waals surface area (Å²) in [6.45, 7) is 7.29. The summed E-state index contributed by atoms with van der Waals surface area (Å²) in [5.74, 6) is 0.944. The zero-order valence-electron chi connectivity index (χ0n) is 13.3. The minimum absolute atomic E-state index is 0.0933. The molecular weight excluding hydrogens is 262 g/mol. The minimum Gasteiger partial charge on any atom is -0.491 e. The van der Waals surface area contributed by atoms with E-state index in [0.717, 1.165) is 24.3 Å². The maximum Gasteiger partial charge on any atom is 0.159 e. The zero-order valence-corrected chi connectivity index (χ0v) is 13.3. The Hall–Kier alpha value is -1.35. The number of benzene rings is 1. The molecule has 0 bridgehead atoms. The van der Waals surface area contributed by atoms with Crippen LogP contribution in [0.2, 0.25) is 0 Å². The van der Waals surface area contributed by atoms with Gasteiger partial charge in [-0.1, -0.05) is 12.8 Å². The van der Waals surface area contributed by atoms with Gasteiger partial charge in [-0.15, -0.1) is 0 Å². The summed E-state index contributed by atoms with van der Waals surface area (Å²) in [6, 6.07) is 7.44. The number of hydrogen-bond acceptors (Lipinski definition) is 3. The van der Waals surface area contributed by atoms with Crippen LogP contribution in [-0.4, -0.2) is 36.4 Å². The van der Waals surface area contributed by atoms with Crippen LogP contribution in [0.5, 0.6) is 5.75 Å². The first-order chi connectivity index (χ1) is 10.1. The van der Waals surface area contributed by atoms with Crippen molar-refractivity contribution in [3.05, 3.63) is 29.8 Å². The number of likely N-dealkylation sites (tertiary alicyclic amines) is 1. The number of ketones is 1. The summed E-state index contributed by atoms with van der Waals surface area (Å²) < 4.78 is 5.93. The van der Waals surface area contributed by atoms with Gasteiger partial charge in [0.05, 0.1) is 6.10 Å². The highest BCUT2D eigenvalue weighted by Gasteiger charge is 2.11. The molecule has 116 valence electrons. The maximum atomic E-state index is 11.2. The Kier molecular flexibility index (Phi) is 6.24. The van der Waals surface area contributed by atoms with E-state index in [4.69, 9.17) is 4.74 Å². The standard InChI is InChI=1S/C18H27NO2/c1-15(11-14-19-12-5-3-4-6-13-19)21-18-9-7-17(8-10-18)16(2)20/h7-10,15H,3-6,11-14H2,1-2H3. The molecule has 1 heterocycles. The Bertz CT molecular complexity index is 433. The Morgan fingerprint density at radius 1 is 1.14 bits per heavy atom. The maximum absolute atomic E-state index is 11.2. The largest absolute Gasteiger partial charge is 0.491 e. The molecule has 1 saturated heterocycles. The molecule has 1 aromatic rings. The monoisotopic (exact) mass is 289 g/mol. The van der Waals surface area contributed by atoms with Crippen molar-refractivity contribution in [2.24, 2.45) is 0 Å². The van der Waals surface area contributed by atoms with E-state index in [1.807, 2.05) is 24.3 Å². The topological polar surface area (TPSA) is 29.5 Å². The number of carbonyl (C=O) groups is 1. The molecule has 3 heteroatoms. The molecule has 21 heavy (non-hydrogen) atoms. The highest BCUT2D eigenvalue weighted by molar-refractivity contribution is 5.94. The predicted molar refractivity (Wildman–Crippen MR) is 86.1 cm³/mol. The van der Waals surface area contributed by atoms with E-state index in [2.05, 4.69) is 11.8 Å². The molecule has 1 fully saturated rings. The van der Waals surface area contributed by atoms with Gasteiger partial charge in [-0.05, 0) is 70.5 Å². The molecule has 0 aliphatic carbocycles. The van der Waals surface area contributed by atoms with E-state index in [9.17, 15) is 4.79 Å². The molecule has 1 aliphatic heterocycles. The first-order valence-corrected chi connectivity index (χ1v) is 8.15. The quantitative estimate of drug-likeness (QED) is 0.743. The molecule has 0 amide bonds. The zero-order chi connectivity index (χ0) is 15.1. The molecule has 1 aliphatic rings. The van der Waals surface area contributed by atoms with Crippen molar-refractivity contribution in [3.63, 3.8) is 0 Å². The van der Waals surface area contributed by atoms with Crippen LogP contribution in [0.25, 0.3) is 0 Å². The Morgan fingerprint density at radius 2 is 1.76 bits per heavy atom. The fraction of sp³-hybridized carbons (Fsp3) is 0.611. The van der Waals surface area contributed by atoms with Gasteiger partial charge in [0.1, 0.15) is 5.75 Å². The van der Waals surface area contributed by atoms with Crippen molar-refractivity contribution in [2.75, 3.05) is 19.6 Å². The van der Waals surface area contributed by atoms with Gasteiger partial charge in [0.15, 0.2) is 5.78 Å². The summed E-state index contributed by atoms with van der Waals surface area (Å²) in [7, 11) is 0. The van der Waals surface area contributed by atoms with Gasteiger partial charge in [0, 0.05) is 12.1 Å². The van der Waals surface area contributed by atoms with E-state index < -0.39 is 0 Å². The third-order valence-electron chi connectivity index (χ3n) is 4.15. The lowest BCUT2D eigenvalue weighted by Crippen LogP contribution is -2.29. The van der Waals surface area contributed by atoms with Crippen LogP contribution < -0.4 is 4.74 Å². The lowest BCUT2D eigenvalue weighted by atomic mass is 10.1. The van der Waals surface area contributed by atoms with Crippen LogP contribution in [0.3, 0.4) is 0 Å². The van der Waals surface area contributed by atoms with Gasteiger partial charge in [0.2, 0.25) is 0 Å². The Morgan fingerprint density at radius 3 is 2.33 bits per heavy atom. The van der Waals surface area contributed by atoms with Gasteiger partial charge in [-0.25, -0.2) is 0 Å². The summed E-state index contributed by atoms with van der Waals surface area (Å²) in [4.78, 5) is 13.8. The van der Waals surface area contributed by atoms with Crippen LogP contribution in [0.15, 0.2) is 24.3 Å². The van der Waals surface area contributed by atoms with Crippen molar-refractivity contribution >= 4 is 5.78 Å². The summed E-state index contributed by atoms with van der Waals surface area (Å²) in [5, 5.41) is 0. The molecular formula is C18H27NO2. The minimum atomic E-state index is 0.0933. The van der Waals surface area contributed by atoms with Crippen molar-refractivity contribution in [1.29, 1.82) is 0 Å². The molecule has 3 nitrogen and oxygen atoms in total. The van der Waals surface area contributed by atoms with Crippen molar-refractivity contribution < 1.29 is 9.53 Å². The van der Waals surface area contributed by atoms with E-state index in [-0.39, 0.29) is 11.9 Å². The number of carbonyl (C=O) groups excluding carboxylic acids is 1. The second-order valence-corrected chi connectivity index (χ2v) is 6.05. The average Bonchev–Trinajstić information content (AvgIpc) is 2.74. The van der Waals surface area contributed by atoms with Crippen LogP contribution in [0, 0.1) is 0 Å². The van der Waals surface area contributed by atoms with Gasteiger partial charge >= 0.3 is 0 Å². The van der Waals surface area contributed by atoms with E-state index >= 15 is 0 Å². The molecule has 0 aromatic heterocycles. The number of nitrogens with zero attached hydrogens (tertiary/aromatic N) is 1. The second-order valence-electron chi connectivity index (χ2n) is 6.05. The molecule has 2 rings (SSSR count). The fourth-order valence-corrected chi connectivity index (χ4v) is 2.78. The highest BCUT2D eigenvalue weighted by Crippen LogP contribution is 2.16. The molecule has 0 saturated carbocycles. The number of rotatable bonds is 6. The number of hydrogen-bond donors (Lipinski definition) is 0. The lowest BCUT2D eigenvalue weighted by Gasteiger charge is -2.22. The third kappa shape index (κ3) is 5.50. The van der Waals surface area contributed by atoms with Crippen molar-refractivity contribution in [3.8, 4) is 5.75 Å². The SMILES string of the molecule is CC(=O)c1ccc(OC(C)CCN2CCCCCC2)cc1. The van der Waals surface area contributed by atoms with Crippen LogP contribution in [0.1, 0.15) is 56.3 Å². The fourth-order valence-electron chi connectivity index (χ4n) is 2.78. The highest BCUT2D eigenvalue weighted by atomic mass is 16.5. The molecule has 0 N–H and O–H groups in total. The van der Waals surface area contributed by atoms with Gasteiger partial charge in [0.25, 0.3) is 0 Å². The predicted octanol–water partition coefficient (Wildman–Crippen LogP) is 3.92. The summed E-state index contributed by atoms with van der Waals surface area (Å²) in [5.41, 5.74) is 0.736. The molecule has 0 radical (unpaired) electrons. The summed E-state index contributed by atoms with van der Waals surface area (Å²) in [6.07, 6.45) is 6.69. The van der Waals surface area contributed by atoms with Crippen molar-refractivity contribution in [2.45, 2.75) is 52.1 Å². The first kappa shape index (κ1) is 16.0. The molecule has 0 spiro atoms. The van der Waals surface area contributed by atoms with Crippen LogP contribution in [-0.2, 0) is 0 Å². The summed E-state index contributed by atoms with van der Waals surface area (Å²) >= 11 is 0. The second kappa shape index (κ2) is 8.18. The van der Waals surface area contributed by atoms with E-state index in [1.165, 1.54) is 38.8 Å².